The first-order valence-corrected chi connectivity index (χ1v) is 6.15. The third kappa shape index (κ3) is 3.32. The Morgan fingerprint density at radius 1 is 1.20 bits per heavy atom. The lowest BCUT2D eigenvalue weighted by molar-refractivity contribution is -0.137. The van der Waals surface area contributed by atoms with Crippen LogP contribution in [0, 0.1) is 0 Å². The molecule has 0 fully saturated rings. The number of hydrogen-bond acceptors (Lipinski definition) is 3. The molecule has 2 rings (SSSR count). The minimum Gasteiger partial charge on any atom is -0.383 e. The standard InChI is InChI=1S/C12H8Cl2F3N3/c13-9-2-1-6(4-8(9)12(15,16)17)3-7-5-19-11(14)20-10(7)18/h1-2,4-5H,3H2,(H2,18,19,20). The van der Waals surface area contributed by atoms with Crippen LogP contribution in [0.3, 0.4) is 0 Å². The maximum atomic E-state index is 12.7. The number of nitrogens with two attached hydrogens (primary N) is 1. The highest BCUT2D eigenvalue weighted by atomic mass is 35.5. The number of nitrogens with zero attached hydrogens (tertiary/aromatic N) is 2. The fourth-order valence-electron chi connectivity index (χ4n) is 1.65. The highest BCUT2D eigenvalue weighted by Gasteiger charge is 2.33. The van der Waals surface area contributed by atoms with E-state index in [0.717, 1.165) is 6.07 Å². The number of rotatable bonds is 2. The van der Waals surface area contributed by atoms with Crippen LogP contribution in [0.1, 0.15) is 16.7 Å². The second kappa shape index (κ2) is 5.46. The molecule has 3 nitrogen and oxygen atoms in total. The third-order valence-corrected chi connectivity index (χ3v) is 3.11. The van der Waals surface area contributed by atoms with Crippen molar-refractivity contribution < 1.29 is 13.2 Å². The first-order valence-electron chi connectivity index (χ1n) is 5.40. The van der Waals surface area contributed by atoms with Crippen LogP contribution in [-0.2, 0) is 12.6 Å². The minimum atomic E-state index is -4.50. The van der Waals surface area contributed by atoms with Crippen molar-refractivity contribution in [3.63, 3.8) is 0 Å². The van der Waals surface area contributed by atoms with Gasteiger partial charge in [-0.25, -0.2) is 9.97 Å². The molecule has 2 aromatic rings. The second-order valence-electron chi connectivity index (χ2n) is 4.04. The Morgan fingerprint density at radius 2 is 1.90 bits per heavy atom. The van der Waals surface area contributed by atoms with Gasteiger partial charge in [0.05, 0.1) is 10.6 Å². The van der Waals surface area contributed by atoms with E-state index in [1.807, 2.05) is 0 Å². The average Bonchev–Trinajstić information content (AvgIpc) is 2.33. The number of aromatic nitrogens is 2. The van der Waals surface area contributed by atoms with E-state index in [4.69, 9.17) is 28.9 Å². The maximum Gasteiger partial charge on any atom is 0.417 e. The molecule has 0 radical (unpaired) electrons. The van der Waals surface area contributed by atoms with Gasteiger partial charge in [0.1, 0.15) is 5.82 Å². The van der Waals surface area contributed by atoms with Gasteiger partial charge in [0.25, 0.3) is 0 Å². The molecule has 106 valence electrons. The van der Waals surface area contributed by atoms with Gasteiger partial charge in [-0.3, -0.25) is 0 Å². The van der Waals surface area contributed by atoms with Gasteiger partial charge < -0.3 is 5.73 Å². The molecule has 0 unspecified atom stereocenters. The molecule has 2 N–H and O–H groups in total. The molecular weight excluding hydrogens is 314 g/mol. The van der Waals surface area contributed by atoms with Crippen LogP contribution < -0.4 is 5.73 Å². The highest BCUT2D eigenvalue weighted by molar-refractivity contribution is 6.31. The molecule has 20 heavy (non-hydrogen) atoms. The molecular formula is C12H8Cl2F3N3. The zero-order valence-corrected chi connectivity index (χ0v) is 11.4. The van der Waals surface area contributed by atoms with Crippen molar-refractivity contribution in [2.75, 3.05) is 5.73 Å². The van der Waals surface area contributed by atoms with Crippen molar-refractivity contribution in [3.8, 4) is 0 Å². The van der Waals surface area contributed by atoms with Crippen molar-refractivity contribution in [1.82, 2.24) is 9.97 Å². The van der Waals surface area contributed by atoms with Crippen LogP contribution in [-0.4, -0.2) is 9.97 Å². The van der Waals surface area contributed by atoms with E-state index in [9.17, 15) is 13.2 Å². The summed E-state index contributed by atoms with van der Waals surface area (Å²) in [7, 11) is 0. The largest absolute Gasteiger partial charge is 0.417 e. The van der Waals surface area contributed by atoms with Gasteiger partial charge in [-0.15, -0.1) is 0 Å². The Bertz CT molecular complexity index is 644. The Labute approximate surface area is 122 Å². The van der Waals surface area contributed by atoms with Gasteiger partial charge in [-0.05, 0) is 29.3 Å². The Hall–Kier alpha value is -1.53. The van der Waals surface area contributed by atoms with Gasteiger partial charge in [-0.2, -0.15) is 13.2 Å². The molecule has 0 aliphatic heterocycles. The van der Waals surface area contributed by atoms with Crippen molar-refractivity contribution in [2.45, 2.75) is 12.6 Å². The first-order chi connectivity index (χ1) is 9.27. The molecule has 0 amide bonds. The molecule has 0 aliphatic rings. The summed E-state index contributed by atoms with van der Waals surface area (Å²) >= 11 is 11.1. The number of nitrogen functional groups attached to an aromatic ring is 1. The SMILES string of the molecule is Nc1nc(Cl)ncc1Cc1ccc(Cl)c(C(F)(F)F)c1. The molecule has 0 saturated heterocycles. The number of hydrogen-bond donors (Lipinski definition) is 1. The monoisotopic (exact) mass is 321 g/mol. The van der Waals surface area contributed by atoms with Crippen molar-refractivity contribution >= 4 is 29.0 Å². The van der Waals surface area contributed by atoms with Crippen LogP contribution in [0.2, 0.25) is 10.3 Å². The average molecular weight is 322 g/mol. The molecule has 0 atom stereocenters. The molecule has 0 saturated carbocycles. The summed E-state index contributed by atoms with van der Waals surface area (Å²) in [6.45, 7) is 0. The fraction of sp³-hybridized carbons (Fsp3) is 0.167. The van der Waals surface area contributed by atoms with Crippen LogP contribution in [0.5, 0.6) is 0 Å². The number of anilines is 1. The van der Waals surface area contributed by atoms with E-state index in [2.05, 4.69) is 9.97 Å². The number of halogens is 5. The van der Waals surface area contributed by atoms with Crippen molar-refractivity contribution in [1.29, 1.82) is 0 Å². The summed E-state index contributed by atoms with van der Waals surface area (Å²) in [4.78, 5) is 7.49. The number of alkyl halides is 3. The third-order valence-electron chi connectivity index (χ3n) is 2.60. The van der Waals surface area contributed by atoms with E-state index in [1.54, 1.807) is 0 Å². The lowest BCUT2D eigenvalue weighted by Gasteiger charge is -2.11. The second-order valence-corrected chi connectivity index (χ2v) is 4.78. The van der Waals surface area contributed by atoms with Gasteiger partial charge in [0.15, 0.2) is 0 Å². The van der Waals surface area contributed by atoms with E-state index in [1.165, 1.54) is 18.3 Å². The molecule has 1 aromatic heterocycles. The summed E-state index contributed by atoms with van der Waals surface area (Å²) in [6, 6.07) is 3.68. The lowest BCUT2D eigenvalue weighted by Crippen LogP contribution is -2.07. The first kappa shape index (κ1) is 14.9. The Kier molecular flexibility index (Phi) is 4.06. The normalized spacial score (nSPS) is 11.7. The molecule has 0 spiro atoms. The fourth-order valence-corrected chi connectivity index (χ4v) is 2.02. The Balaban J connectivity index is 2.35. The summed E-state index contributed by atoms with van der Waals surface area (Å²) < 4.78 is 38.2. The van der Waals surface area contributed by atoms with Crippen LogP contribution in [0.15, 0.2) is 24.4 Å². The zero-order chi connectivity index (χ0) is 14.9. The van der Waals surface area contributed by atoms with Gasteiger partial charge in [0, 0.05) is 18.2 Å². The zero-order valence-electron chi connectivity index (χ0n) is 9.88. The minimum absolute atomic E-state index is 0.0154. The van der Waals surface area contributed by atoms with Gasteiger partial charge in [-0.1, -0.05) is 17.7 Å². The maximum absolute atomic E-state index is 12.7. The van der Waals surface area contributed by atoms with Crippen LogP contribution in [0.25, 0.3) is 0 Å². The molecule has 1 aromatic carbocycles. The molecule has 0 bridgehead atoms. The van der Waals surface area contributed by atoms with Crippen molar-refractivity contribution in [3.05, 3.63) is 51.4 Å². The molecule has 0 aliphatic carbocycles. The lowest BCUT2D eigenvalue weighted by atomic mass is 10.0. The van der Waals surface area contributed by atoms with Crippen LogP contribution >= 0.6 is 23.2 Å². The molecule has 8 heteroatoms. The summed E-state index contributed by atoms with van der Waals surface area (Å²) in [5.41, 5.74) is 5.65. The predicted molar refractivity (Wildman–Crippen MR) is 70.7 cm³/mol. The Morgan fingerprint density at radius 3 is 2.50 bits per heavy atom. The molecule has 1 heterocycles. The quantitative estimate of drug-likeness (QED) is 0.851. The highest BCUT2D eigenvalue weighted by Crippen LogP contribution is 2.35. The van der Waals surface area contributed by atoms with E-state index >= 15 is 0 Å². The van der Waals surface area contributed by atoms with Gasteiger partial charge >= 0.3 is 6.18 Å². The van der Waals surface area contributed by atoms with Gasteiger partial charge in [0.2, 0.25) is 5.28 Å². The van der Waals surface area contributed by atoms with Crippen molar-refractivity contribution in [2.24, 2.45) is 0 Å². The summed E-state index contributed by atoms with van der Waals surface area (Å²) in [5, 5.41) is -0.361. The smallest absolute Gasteiger partial charge is 0.383 e. The summed E-state index contributed by atoms with van der Waals surface area (Å²) in [6.07, 6.45) is -2.97. The van der Waals surface area contributed by atoms with E-state index < -0.39 is 11.7 Å². The predicted octanol–water partition coefficient (Wildman–Crippen LogP) is 3.98. The van der Waals surface area contributed by atoms with E-state index in [-0.39, 0.29) is 22.5 Å². The van der Waals surface area contributed by atoms with E-state index in [0.29, 0.717) is 11.1 Å². The summed E-state index contributed by atoms with van der Waals surface area (Å²) in [5.74, 6) is 0.133. The van der Waals surface area contributed by atoms with Crippen LogP contribution in [0.4, 0.5) is 19.0 Å². The number of benzene rings is 1. The topological polar surface area (TPSA) is 51.8 Å².